The zero-order valence-electron chi connectivity index (χ0n) is 17.3. The van der Waals surface area contributed by atoms with Gasteiger partial charge in [0, 0.05) is 28.5 Å². The zero-order chi connectivity index (χ0) is 20.5. The molecule has 2 aromatic rings. The second-order valence-corrected chi connectivity index (χ2v) is 7.09. The summed E-state index contributed by atoms with van der Waals surface area (Å²) in [6, 6.07) is 15.8. The van der Waals surface area contributed by atoms with Crippen molar-refractivity contribution < 1.29 is 21.6 Å². The fourth-order valence-corrected chi connectivity index (χ4v) is 3.56. The van der Waals surface area contributed by atoms with Crippen molar-refractivity contribution in [3.8, 4) is 11.5 Å². The van der Waals surface area contributed by atoms with Gasteiger partial charge in [0.2, 0.25) is 5.36 Å². The second kappa shape index (κ2) is 8.67. The van der Waals surface area contributed by atoms with Crippen LogP contribution in [0.15, 0.2) is 65.1 Å². The lowest BCUT2D eigenvalue weighted by Gasteiger charge is -2.13. The number of fused-ring (bicyclic) bond motifs is 4. The first-order valence-electron chi connectivity index (χ1n) is 9.83. The van der Waals surface area contributed by atoms with Crippen LogP contribution in [0.4, 0.5) is 5.69 Å². The fourth-order valence-electron chi connectivity index (χ4n) is 3.56. The molecule has 4 rings (SSSR count). The molecule has 154 valence electrons. The summed E-state index contributed by atoms with van der Waals surface area (Å²) in [6.45, 7) is 11.5. The number of halogens is 1. The van der Waals surface area contributed by atoms with E-state index in [-0.39, 0.29) is 18.3 Å². The molecule has 0 saturated carbocycles. The molecule has 0 atom stereocenters. The monoisotopic (exact) mass is 421 g/mol. The van der Waals surface area contributed by atoms with Gasteiger partial charge in [-0.05, 0) is 26.8 Å². The van der Waals surface area contributed by atoms with E-state index >= 15 is 0 Å². The lowest BCUT2D eigenvalue weighted by Crippen LogP contribution is -3.00. The molecule has 1 aliphatic carbocycles. The predicted molar refractivity (Wildman–Crippen MR) is 118 cm³/mol. The molecule has 2 aromatic carbocycles. The Morgan fingerprint density at radius 1 is 1.10 bits per heavy atom. The SMILES string of the molecule is C=C(C)C(=O)Nc1cc2oc3cc(=[N+](CC)CC)ccc-3nc2c2ccccc12.[Cl-]. The van der Waals surface area contributed by atoms with Gasteiger partial charge in [0.1, 0.15) is 24.3 Å². The van der Waals surface area contributed by atoms with Crippen LogP contribution in [0.1, 0.15) is 20.8 Å². The van der Waals surface area contributed by atoms with E-state index in [9.17, 15) is 4.79 Å². The Morgan fingerprint density at radius 2 is 1.80 bits per heavy atom. The number of hydrogen-bond donors (Lipinski definition) is 1. The Kier molecular flexibility index (Phi) is 6.22. The van der Waals surface area contributed by atoms with Crippen LogP contribution < -0.4 is 27.7 Å². The number of carbonyl (C=O) groups excluding carboxylic acids is 1. The third-order valence-corrected chi connectivity index (χ3v) is 5.14. The number of rotatable bonds is 4. The summed E-state index contributed by atoms with van der Waals surface area (Å²) in [7, 11) is 0. The van der Waals surface area contributed by atoms with Crippen molar-refractivity contribution in [2.75, 3.05) is 18.4 Å². The number of anilines is 1. The molecule has 0 radical (unpaired) electrons. The first kappa shape index (κ1) is 21.5. The molecule has 30 heavy (non-hydrogen) atoms. The fraction of sp³-hybridized carbons (Fsp3) is 0.208. The van der Waals surface area contributed by atoms with Gasteiger partial charge in [-0.25, -0.2) is 9.56 Å². The van der Waals surface area contributed by atoms with Crippen molar-refractivity contribution >= 4 is 33.5 Å². The number of nitrogens with one attached hydrogen (secondary N) is 1. The van der Waals surface area contributed by atoms with Crippen molar-refractivity contribution in [1.29, 1.82) is 0 Å². The highest BCUT2D eigenvalue weighted by molar-refractivity contribution is 6.14. The van der Waals surface area contributed by atoms with Crippen molar-refractivity contribution in [1.82, 2.24) is 9.56 Å². The number of hydrogen-bond acceptors (Lipinski definition) is 3. The minimum Gasteiger partial charge on any atom is -1.00 e. The summed E-state index contributed by atoms with van der Waals surface area (Å²) >= 11 is 0. The molecule has 1 heterocycles. The van der Waals surface area contributed by atoms with Crippen molar-refractivity contribution in [2.24, 2.45) is 0 Å². The van der Waals surface area contributed by atoms with Gasteiger partial charge in [0.25, 0.3) is 5.91 Å². The number of nitrogens with zero attached hydrogens (tertiary/aromatic N) is 2. The Morgan fingerprint density at radius 3 is 2.47 bits per heavy atom. The number of carbonyl (C=O) groups is 1. The molecular formula is C24H24ClN3O2. The first-order chi connectivity index (χ1) is 14.0. The van der Waals surface area contributed by atoms with Gasteiger partial charge in [0.15, 0.2) is 11.3 Å². The highest BCUT2D eigenvalue weighted by Gasteiger charge is 2.16. The highest BCUT2D eigenvalue weighted by atomic mass is 35.5. The normalized spacial score (nSPS) is 10.8. The van der Waals surface area contributed by atoms with Crippen LogP contribution in [0.25, 0.3) is 33.3 Å². The van der Waals surface area contributed by atoms with Crippen LogP contribution in [0.2, 0.25) is 0 Å². The van der Waals surface area contributed by atoms with Gasteiger partial charge in [-0.3, -0.25) is 4.79 Å². The summed E-state index contributed by atoms with van der Waals surface area (Å²) < 4.78 is 8.52. The molecule has 1 amide bonds. The minimum atomic E-state index is -0.216. The van der Waals surface area contributed by atoms with Crippen LogP contribution in [0, 0.1) is 0 Å². The molecular weight excluding hydrogens is 398 g/mol. The van der Waals surface area contributed by atoms with E-state index < -0.39 is 0 Å². The maximum Gasteiger partial charge on any atom is 0.250 e. The maximum atomic E-state index is 12.2. The molecule has 5 nitrogen and oxygen atoms in total. The van der Waals surface area contributed by atoms with E-state index in [1.807, 2.05) is 42.5 Å². The summed E-state index contributed by atoms with van der Waals surface area (Å²) in [6.07, 6.45) is 0. The van der Waals surface area contributed by atoms with E-state index in [4.69, 9.17) is 9.40 Å². The molecule has 0 saturated heterocycles. The van der Waals surface area contributed by atoms with Crippen LogP contribution in [-0.4, -0.2) is 24.0 Å². The van der Waals surface area contributed by atoms with Gasteiger partial charge in [-0.2, -0.15) is 0 Å². The second-order valence-electron chi connectivity index (χ2n) is 7.09. The molecule has 6 heteroatoms. The highest BCUT2D eigenvalue weighted by Crippen LogP contribution is 2.34. The summed E-state index contributed by atoms with van der Waals surface area (Å²) in [5.41, 5.74) is 3.34. The number of amides is 1. The Balaban J connectivity index is 0.00000256. The molecule has 0 fully saturated rings. The summed E-state index contributed by atoms with van der Waals surface area (Å²) in [5.74, 6) is 0.501. The maximum absolute atomic E-state index is 12.2. The van der Waals surface area contributed by atoms with E-state index in [0.717, 1.165) is 40.4 Å². The quantitative estimate of drug-likeness (QED) is 0.235. The molecule has 1 aliphatic heterocycles. The van der Waals surface area contributed by atoms with E-state index in [1.165, 1.54) is 0 Å². The van der Waals surface area contributed by atoms with Crippen molar-refractivity contribution in [2.45, 2.75) is 20.8 Å². The lowest BCUT2D eigenvalue weighted by molar-refractivity contribution is -0.112. The minimum absolute atomic E-state index is 0. The summed E-state index contributed by atoms with van der Waals surface area (Å²) in [4.78, 5) is 17.1. The van der Waals surface area contributed by atoms with Gasteiger partial charge in [-0.1, -0.05) is 30.8 Å². The van der Waals surface area contributed by atoms with Crippen molar-refractivity contribution in [3.63, 3.8) is 0 Å². The Hall–Kier alpha value is -3.18. The average Bonchev–Trinajstić information content (AvgIpc) is 2.73. The molecule has 0 aromatic heterocycles. The van der Waals surface area contributed by atoms with Crippen LogP contribution >= 0.6 is 0 Å². The summed E-state index contributed by atoms with van der Waals surface area (Å²) in [5, 5.41) is 5.88. The largest absolute Gasteiger partial charge is 1.00 e. The molecule has 1 N–H and O–H groups in total. The van der Waals surface area contributed by atoms with Crippen molar-refractivity contribution in [3.05, 3.63) is 66.0 Å². The van der Waals surface area contributed by atoms with Crippen LogP contribution in [-0.2, 0) is 4.79 Å². The van der Waals surface area contributed by atoms with Gasteiger partial charge in [-0.15, -0.1) is 0 Å². The van der Waals surface area contributed by atoms with E-state index in [0.29, 0.717) is 22.6 Å². The van der Waals surface area contributed by atoms with Gasteiger partial charge >= 0.3 is 0 Å². The van der Waals surface area contributed by atoms with E-state index in [1.54, 1.807) is 6.92 Å². The smallest absolute Gasteiger partial charge is 0.250 e. The molecule has 0 bridgehead atoms. The van der Waals surface area contributed by atoms with Gasteiger partial charge < -0.3 is 22.1 Å². The molecule has 0 unspecified atom stereocenters. The Bertz CT molecular complexity index is 1300. The zero-order valence-corrected chi connectivity index (χ0v) is 18.1. The topological polar surface area (TPSA) is 58.1 Å². The number of benzene rings is 3. The number of aromatic nitrogens is 1. The average molecular weight is 422 g/mol. The molecule has 2 aliphatic rings. The predicted octanol–water partition coefficient (Wildman–Crippen LogP) is 1.42. The Labute approximate surface area is 181 Å². The van der Waals surface area contributed by atoms with Crippen LogP contribution in [0.3, 0.4) is 0 Å². The molecule has 0 spiro atoms. The third kappa shape index (κ3) is 3.81. The third-order valence-electron chi connectivity index (χ3n) is 5.14. The lowest BCUT2D eigenvalue weighted by atomic mass is 10.1. The van der Waals surface area contributed by atoms with E-state index in [2.05, 4.69) is 36.4 Å². The first-order valence-corrected chi connectivity index (χ1v) is 9.83. The van der Waals surface area contributed by atoms with Gasteiger partial charge in [0.05, 0.1) is 11.8 Å². The van der Waals surface area contributed by atoms with Crippen LogP contribution in [0.5, 0.6) is 0 Å². The standard InChI is InChI=1S/C24H23N3O2.ClH/c1-5-27(6-2)16-11-12-19-21(13-16)29-22-14-20(26-24(28)15(3)4)17-9-7-8-10-18(17)23(22)25-19;/h7-14H,3,5-6H2,1-2,4H3;1H.